The number of aryl methyl sites for hydroxylation is 2. The zero-order valence-electron chi connectivity index (χ0n) is 11.2. The number of ether oxygens (including phenoxy) is 1. The second kappa shape index (κ2) is 8.29. The minimum absolute atomic E-state index is 0.0304. The van der Waals surface area contributed by atoms with Gasteiger partial charge >= 0.3 is 5.97 Å². The van der Waals surface area contributed by atoms with Crippen LogP contribution in [-0.2, 0) is 27.2 Å². The maximum atomic E-state index is 11.3. The Labute approximate surface area is 113 Å². The van der Waals surface area contributed by atoms with Gasteiger partial charge in [0.05, 0.1) is 6.61 Å². The molecule has 0 amide bonds. The molecule has 1 aromatic carbocycles. The van der Waals surface area contributed by atoms with Crippen molar-refractivity contribution in [2.75, 3.05) is 6.61 Å². The highest BCUT2D eigenvalue weighted by Crippen LogP contribution is 2.09. The van der Waals surface area contributed by atoms with E-state index in [1.54, 1.807) is 0 Å². The Morgan fingerprint density at radius 2 is 1.58 bits per heavy atom. The van der Waals surface area contributed by atoms with Gasteiger partial charge in [-0.2, -0.15) is 0 Å². The fraction of sp³-hybridized carbons (Fsp3) is 0.467. The summed E-state index contributed by atoms with van der Waals surface area (Å²) in [5, 5.41) is 10.3. The van der Waals surface area contributed by atoms with Crippen molar-refractivity contribution in [3.63, 3.8) is 0 Å². The first-order valence-electron chi connectivity index (χ1n) is 6.55. The van der Waals surface area contributed by atoms with Crippen LogP contribution in [0, 0.1) is 0 Å². The van der Waals surface area contributed by atoms with Gasteiger partial charge in [0.25, 0.3) is 0 Å². The van der Waals surface area contributed by atoms with Crippen LogP contribution in [-0.4, -0.2) is 18.5 Å². The van der Waals surface area contributed by atoms with Gasteiger partial charge in [0.2, 0.25) is 0 Å². The number of carboxylic acids is 1. The van der Waals surface area contributed by atoms with Crippen LogP contribution in [0.5, 0.6) is 0 Å². The Morgan fingerprint density at radius 1 is 1.05 bits per heavy atom. The molecular formula is C15H19O4-. The van der Waals surface area contributed by atoms with E-state index in [0.717, 1.165) is 17.5 Å². The first-order chi connectivity index (χ1) is 9.11. The number of esters is 1. The standard InChI is InChI=1S/C15H20O4/c1-2-11-19-15(18)10-8-13-5-3-12(4-6-13)7-9-14(16)17/h3-6H,2,7-11H2,1H3,(H,16,17)/p-1. The minimum Gasteiger partial charge on any atom is -0.550 e. The predicted molar refractivity (Wildman–Crippen MR) is 69.3 cm³/mol. The topological polar surface area (TPSA) is 66.4 Å². The molecule has 104 valence electrons. The molecule has 1 aromatic rings. The molecule has 0 atom stereocenters. The third kappa shape index (κ3) is 6.60. The summed E-state index contributed by atoms with van der Waals surface area (Å²) >= 11 is 0. The summed E-state index contributed by atoms with van der Waals surface area (Å²) in [5.41, 5.74) is 2.01. The number of benzene rings is 1. The van der Waals surface area contributed by atoms with E-state index in [9.17, 15) is 14.7 Å². The molecule has 0 heterocycles. The molecule has 0 aliphatic rings. The van der Waals surface area contributed by atoms with E-state index in [0.29, 0.717) is 25.9 Å². The molecule has 19 heavy (non-hydrogen) atoms. The van der Waals surface area contributed by atoms with Crippen molar-refractivity contribution in [1.82, 2.24) is 0 Å². The quantitative estimate of drug-likeness (QED) is 0.662. The monoisotopic (exact) mass is 263 g/mol. The number of hydrogen-bond donors (Lipinski definition) is 0. The van der Waals surface area contributed by atoms with Crippen LogP contribution >= 0.6 is 0 Å². The Morgan fingerprint density at radius 3 is 2.05 bits per heavy atom. The molecule has 0 unspecified atom stereocenters. The van der Waals surface area contributed by atoms with Crippen molar-refractivity contribution in [3.8, 4) is 0 Å². The van der Waals surface area contributed by atoms with E-state index in [2.05, 4.69) is 0 Å². The Kier molecular flexibility index (Phi) is 6.64. The fourth-order valence-electron chi connectivity index (χ4n) is 1.65. The number of carboxylic acid groups (broad SMARTS) is 1. The van der Waals surface area contributed by atoms with Crippen molar-refractivity contribution in [3.05, 3.63) is 35.4 Å². The lowest BCUT2D eigenvalue weighted by Crippen LogP contribution is -2.22. The number of hydrogen-bond acceptors (Lipinski definition) is 4. The summed E-state index contributed by atoms with van der Waals surface area (Å²) in [7, 11) is 0. The fourth-order valence-corrected chi connectivity index (χ4v) is 1.65. The predicted octanol–water partition coefficient (Wildman–Crippen LogP) is 1.25. The lowest BCUT2D eigenvalue weighted by molar-refractivity contribution is -0.305. The molecule has 1 rings (SSSR count). The maximum absolute atomic E-state index is 11.3. The Balaban J connectivity index is 2.35. The first kappa shape index (κ1) is 15.2. The van der Waals surface area contributed by atoms with Gasteiger partial charge in [-0.1, -0.05) is 31.2 Å². The van der Waals surface area contributed by atoms with Crippen LogP contribution in [0.3, 0.4) is 0 Å². The molecule has 4 nitrogen and oxygen atoms in total. The zero-order chi connectivity index (χ0) is 14.1. The zero-order valence-corrected chi connectivity index (χ0v) is 11.2. The van der Waals surface area contributed by atoms with Gasteiger partial charge in [0.1, 0.15) is 0 Å². The first-order valence-corrected chi connectivity index (χ1v) is 6.55. The summed E-state index contributed by atoms with van der Waals surface area (Å²) in [5.74, 6) is -1.22. The van der Waals surface area contributed by atoms with Gasteiger partial charge in [0.15, 0.2) is 0 Å². The van der Waals surface area contributed by atoms with Crippen molar-refractivity contribution in [1.29, 1.82) is 0 Å². The molecule has 0 saturated carbocycles. The van der Waals surface area contributed by atoms with Gasteiger partial charge in [-0.05, 0) is 36.8 Å². The van der Waals surface area contributed by atoms with Crippen LogP contribution in [0.1, 0.15) is 37.3 Å². The lowest BCUT2D eigenvalue weighted by Gasteiger charge is -2.05. The molecule has 0 bridgehead atoms. The van der Waals surface area contributed by atoms with E-state index in [1.807, 2.05) is 31.2 Å². The molecule has 0 aliphatic heterocycles. The average molecular weight is 263 g/mol. The summed E-state index contributed by atoms with van der Waals surface area (Å²) in [6, 6.07) is 7.60. The number of aliphatic carboxylic acids is 1. The highest BCUT2D eigenvalue weighted by Gasteiger charge is 2.03. The molecule has 0 spiro atoms. The highest BCUT2D eigenvalue weighted by molar-refractivity contribution is 5.69. The largest absolute Gasteiger partial charge is 0.550 e. The smallest absolute Gasteiger partial charge is 0.306 e. The average Bonchev–Trinajstić information content (AvgIpc) is 2.41. The molecule has 0 aromatic heterocycles. The van der Waals surface area contributed by atoms with E-state index in [4.69, 9.17) is 4.74 Å². The van der Waals surface area contributed by atoms with Gasteiger partial charge in [-0.15, -0.1) is 0 Å². The van der Waals surface area contributed by atoms with Crippen molar-refractivity contribution in [2.45, 2.75) is 39.0 Å². The second-order valence-corrected chi connectivity index (χ2v) is 4.41. The van der Waals surface area contributed by atoms with Crippen molar-refractivity contribution in [2.24, 2.45) is 0 Å². The van der Waals surface area contributed by atoms with Crippen LogP contribution in [0.4, 0.5) is 0 Å². The Hall–Kier alpha value is -1.84. The highest BCUT2D eigenvalue weighted by atomic mass is 16.5. The van der Waals surface area contributed by atoms with E-state index in [1.165, 1.54) is 0 Å². The third-order valence-electron chi connectivity index (χ3n) is 2.73. The lowest BCUT2D eigenvalue weighted by atomic mass is 10.0. The SMILES string of the molecule is CCCOC(=O)CCc1ccc(CCC(=O)[O-])cc1. The number of carbonyl (C=O) groups excluding carboxylic acids is 2. The van der Waals surface area contributed by atoms with E-state index >= 15 is 0 Å². The van der Waals surface area contributed by atoms with Gasteiger partial charge in [0, 0.05) is 12.4 Å². The van der Waals surface area contributed by atoms with Gasteiger partial charge in [-0.3, -0.25) is 4.79 Å². The molecular weight excluding hydrogens is 244 g/mol. The summed E-state index contributed by atoms with van der Waals surface area (Å²) in [6.45, 7) is 2.43. The van der Waals surface area contributed by atoms with Crippen LogP contribution in [0.15, 0.2) is 24.3 Å². The maximum Gasteiger partial charge on any atom is 0.306 e. The van der Waals surface area contributed by atoms with Crippen LogP contribution in [0.25, 0.3) is 0 Å². The third-order valence-corrected chi connectivity index (χ3v) is 2.73. The molecule has 0 fully saturated rings. The summed E-state index contributed by atoms with van der Waals surface area (Å²) in [4.78, 5) is 21.7. The Bertz CT molecular complexity index is 409. The van der Waals surface area contributed by atoms with E-state index in [-0.39, 0.29) is 12.4 Å². The molecule has 4 heteroatoms. The second-order valence-electron chi connectivity index (χ2n) is 4.41. The normalized spacial score (nSPS) is 10.2. The van der Waals surface area contributed by atoms with Crippen molar-refractivity contribution < 1.29 is 19.4 Å². The van der Waals surface area contributed by atoms with E-state index < -0.39 is 5.97 Å². The molecule has 0 N–H and O–H groups in total. The van der Waals surface area contributed by atoms with Crippen LogP contribution < -0.4 is 5.11 Å². The minimum atomic E-state index is -1.04. The number of carbonyl (C=O) groups is 2. The number of rotatable bonds is 8. The van der Waals surface area contributed by atoms with Crippen LogP contribution in [0.2, 0.25) is 0 Å². The molecule has 0 aliphatic carbocycles. The van der Waals surface area contributed by atoms with Gasteiger partial charge < -0.3 is 14.6 Å². The molecule has 0 radical (unpaired) electrons. The van der Waals surface area contributed by atoms with Gasteiger partial charge in [-0.25, -0.2) is 0 Å². The molecule has 0 saturated heterocycles. The summed E-state index contributed by atoms with van der Waals surface area (Å²) < 4.78 is 4.99. The van der Waals surface area contributed by atoms with Crippen molar-refractivity contribution >= 4 is 11.9 Å². The summed E-state index contributed by atoms with van der Waals surface area (Å²) in [6.07, 6.45) is 2.35.